The number of carbonyl (C=O) groups excluding carboxylic acids is 1. The molecular weight excluding hydrogens is 322 g/mol. The van der Waals surface area contributed by atoms with Gasteiger partial charge < -0.3 is 10.4 Å². The van der Waals surface area contributed by atoms with Gasteiger partial charge in [-0.25, -0.2) is 23.2 Å². The van der Waals surface area contributed by atoms with Crippen LogP contribution < -0.4 is 5.32 Å². The van der Waals surface area contributed by atoms with E-state index in [9.17, 15) is 18.4 Å². The number of aliphatic carboxylic acids is 1. The lowest BCUT2D eigenvalue weighted by Crippen LogP contribution is -2.42. The topological polar surface area (TPSA) is 97.1 Å². The van der Waals surface area contributed by atoms with Crippen LogP contribution in [0.1, 0.15) is 36.2 Å². The van der Waals surface area contributed by atoms with Gasteiger partial charge in [0.1, 0.15) is 24.0 Å². The molecule has 0 aliphatic carbocycles. The largest absolute Gasteiger partial charge is 0.480 e. The van der Waals surface area contributed by atoms with E-state index >= 15 is 0 Å². The zero-order valence-electron chi connectivity index (χ0n) is 13.0. The predicted octanol–water partition coefficient (Wildman–Crippen LogP) is 1.68. The fourth-order valence-corrected chi connectivity index (χ4v) is 1.98. The van der Waals surface area contributed by atoms with Gasteiger partial charge in [0.25, 0.3) is 5.91 Å². The average molecular weight is 338 g/mol. The molecule has 9 heteroatoms. The second-order valence-electron chi connectivity index (χ2n) is 5.33. The lowest BCUT2D eigenvalue weighted by molar-refractivity contribution is -0.139. The van der Waals surface area contributed by atoms with Gasteiger partial charge in [0.2, 0.25) is 5.82 Å². The molecule has 1 unspecified atom stereocenters. The number of alkyl halides is 1. The van der Waals surface area contributed by atoms with Crippen molar-refractivity contribution in [2.24, 2.45) is 0 Å². The molecule has 2 rings (SSSR count). The molecule has 0 fully saturated rings. The third-order valence-corrected chi connectivity index (χ3v) is 3.19. The van der Waals surface area contributed by atoms with Crippen molar-refractivity contribution in [1.29, 1.82) is 0 Å². The quantitative estimate of drug-likeness (QED) is 0.835. The molecule has 0 spiro atoms. The van der Waals surface area contributed by atoms with E-state index in [0.717, 1.165) is 0 Å². The molecule has 0 aliphatic rings. The first-order valence-corrected chi connectivity index (χ1v) is 7.16. The number of rotatable bonds is 6. The van der Waals surface area contributed by atoms with Crippen molar-refractivity contribution in [3.8, 4) is 5.69 Å². The zero-order valence-corrected chi connectivity index (χ0v) is 13.0. The first-order valence-electron chi connectivity index (χ1n) is 7.16. The number of nitrogens with one attached hydrogen (secondary N) is 1. The minimum absolute atomic E-state index is 0.105. The summed E-state index contributed by atoms with van der Waals surface area (Å²) in [5, 5.41) is 14.7. The molecule has 1 amide bonds. The summed E-state index contributed by atoms with van der Waals surface area (Å²) in [4.78, 5) is 26.9. The third kappa shape index (κ3) is 3.55. The average Bonchev–Trinajstić information content (AvgIpc) is 2.98. The molecule has 1 heterocycles. The summed E-state index contributed by atoms with van der Waals surface area (Å²) < 4.78 is 27.8. The van der Waals surface area contributed by atoms with Gasteiger partial charge in [0, 0.05) is 5.92 Å². The SMILES string of the molecule is CC(C)c1nc(C(=O)NC(CF)C(=O)O)nn1-c1ccccc1F. The number of hydrogen-bond acceptors (Lipinski definition) is 4. The molecule has 1 aromatic heterocycles. The maximum absolute atomic E-state index is 14.0. The highest BCUT2D eigenvalue weighted by atomic mass is 19.1. The van der Waals surface area contributed by atoms with Gasteiger partial charge in [-0.3, -0.25) is 4.79 Å². The van der Waals surface area contributed by atoms with E-state index in [-0.39, 0.29) is 17.4 Å². The Hall–Kier alpha value is -2.84. The van der Waals surface area contributed by atoms with Gasteiger partial charge >= 0.3 is 5.97 Å². The number of para-hydroxylation sites is 1. The highest BCUT2D eigenvalue weighted by Gasteiger charge is 2.25. The molecule has 2 aromatic rings. The number of carboxylic acids is 1. The number of benzene rings is 1. The molecule has 0 bridgehead atoms. The smallest absolute Gasteiger partial charge is 0.328 e. The van der Waals surface area contributed by atoms with E-state index < -0.39 is 30.4 Å². The van der Waals surface area contributed by atoms with Gasteiger partial charge in [0.05, 0.1) is 0 Å². The Balaban J connectivity index is 2.40. The Morgan fingerprint density at radius 2 is 2.00 bits per heavy atom. The molecule has 0 radical (unpaired) electrons. The first-order chi connectivity index (χ1) is 11.3. The minimum Gasteiger partial charge on any atom is -0.480 e. The van der Waals surface area contributed by atoms with Gasteiger partial charge in [-0.15, -0.1) is 5.10 Å². The maximum Gasteiger partial charge on any atom is 0.328 e. The van der Waals surface area contributed by atoms with Gasteiger partial charge in [-0.1, -0.05) is 26.0 Å². The second-order valence-corrected chi connectivity index (χ2v) is 5.33. The standard InChI is InChI=1S/C15H16F2N4O3/c1-8(2)13-19-12(14(22)18-10(7-16)15(23)24)20-21(13)11-6-4-3-5-9(11)17/h3-6,8,10H,7H2,1-2H3,(H,18,22)(H,23,24). The van der Waals surface area contributed by atoms with Crippen LogP contribution in [0.25, 0.3) is 5.69 Å². The van der Waals surface area contributed by atoms with E-state index in [1.807, 2.05) is 5.32 Å². The van der Waals surface area contributed by atoms with Crippen molar-refractivity contribution < 1.29 is 23.5 Å². The van der Waals surface area contributed by atoms with Crippen molar-refractivity contribution in [2.45, 2.75) is 25.8 Å². The molecule has 7 nitrogen and oxygen atoms in total. The van der Waals surface area contributed by atoms with Crippen LogP contribution in [-0.4, -0.2) is 44.5 Å². The number of nitrogens with zero attached hydrogens (tertiary/aromatic N) is 3. The fraction of sp³-hybridized carbons (Fsp3) is 0.333. The Bertz CT molecular complexity index is 761. The Labute approximate surface area is 136 Å². The van der Waals surface area contributed by atoms with Crippen LogP contribution in [0, 0.1) is 5.82 Å². The molecule has 0 saturated heterocycles. The lowest BCUT2D eigenvalue weighted by Gasteiger charge is -2.08. The second kappa shape index (κ2) is 7.16. The monoisotopic (exact) mass is 338 g/mol. The summed E-state index contributed by atoms with van der Waals surface area (Å²) in [6.45, 7) is 2.29. The molecule has 128 valence electrons. The number of amides is 1. The van der Waals surface area contributed by atoms with E-state index in [2.05, 4.69) is 10.1 Å². The van der Waals surface area contributed by atoms with Gasteiger partial charge in [-0.05, 0) is 12.1 Å². The molecule has 1 atom stereocenters. The normalized spacial score (nSPS) is 12.2. The van der Waals surface area contributed by atoms with Crippen molar-refractivity contribution in [3.05, 3.63) is 41.7 Å². The van der Waals surface area contributed by atoms with E-state index in [4.69, 9.17) is 5.11 Å². The van der Waals surface area contributed by atoms with Crippen molar-refractivity contribution in [3.63, 3.8) is 0 Å². The zero-order chi connectivity index (χ0) is 17.9. The molecule has 24 heavy (non-hydrogen) atoms. The number of aromatic nitrogens is 3. The first kappa shape index (κ1) is 17.5. The molecule has 0 saturated carbocycles. The van der Waals surface area contributed by atoms with E-state index in [1.165, 1.54) is 22.9 Å². The van der Waals surface area contributed by atoms with Crippen LogP contribution in [-0.2, 0) is 4.79 Å². The summed E-state index contributed by atoms with van der Waals surface area (Å²) >= 11 is 0. The van der Waals surface area contributed by atoms with Gasteiger partial charge in [0.15, 0.2) is 6.04 Å². The number of halogens is 2. The highest BCUT2D eigenvalue weighted by Crippen LogP contribution is 2.19. The summed E-state index contributed by atoms with van der Waals surface area (Å²) in [6.07, 6.45) is 0. The van der Waals surface area contributed by atoms with Crippen LogP contribution in [0.3, 0.4) is 0 Å². The number of carbonyl (C=O) groups is 2. The minimum atomic E-state index is -1.69. The molecule has 1 aromatic carbocycles. The lowest BCUT2D eigenvalue weighted by atomic mass is 10.2. The van der Waals surface area contributed by atoms with Crippen LogP contribution in [0.15, 0.2) is 24.3 Å². The van der Waals surface area contributed by atoms with Crippen LogP contribution in [0.5, 0.6) is 0 Å². The van der Waals surface area contributed by atoms with Crippen LogP contribution in [0.4, 0.5) is 8.78 Å². The highest BCUT2D eigenvalue weighted by molar-refractivity contribution is 5.93. The fourth-order valence-electron chi connectivity index (χ4n) is 1.98. The van der Waals surface area contributed by atoms with Gasteiger partial charge in [-0.2, -0.15) is 0 Å². The van der Waals surface area contributed by atoms with Crippen molar-refractivity contribution in [1.82, 2.24) is 20.1 Å². The summed E-state index contributed by atoms with van der Waals surface area (Å²) in [6, 6.07) is 4.13. The third-order valence-electron chi connectivity index (χ3n) is 3.19. The van der Waals surface area contributed by atoms with Crippen molar-refractivity contribution >= 4 is 11.9 Å². The van der Waals surface area contributed by atoms with Crippen LogP contribution >= 0.6 is 0 Å². The van der Waals surface area contributed by atoms with Crippen molar-refractivity contribution in [2.75, 3.05) is 6.67 Å². The number of carboxylic acid groups (broad SMARTS) is 1. The summed E-state index contributed by atoms with van der Waals surface area (Å²) in [7, 11) is 0. The molecule has 2 N–H and O–H groups in total. The Morgan fingerprint density at radius 3 is 2.54 bits per heavy atom. The summed E-state index contributed by atoms with van der Waals surface area (Å²) in [5.41, 5.74) is 0.105. The summed E-state index contributed by atoms with van der Waals surface area (Å²) in [5.74, 6) is -3.24. The molecule has 0 aliphatic heterocycles. The number of hydrogen-bond donors (Lipinski definition) is 2. The van der Waals surface area contributed by atoms with Crippen LogP contribution in [0.2, 0.25) is 0 Å². The Kier molecular flexibility index (Phi) is 5.22. The molecular formula is C15H16F2N4O3. The van der Waals surface area contributed by atoms with E-state index in [0.29, 0.717) is 5.82 Å². The maximum atomic E-state index is 14.0. The predicted molar refractivity (Wildman–Crippen MR) is 80.3 cm³/mol. The van der Waals surface area contributed by atoms with E-state index in [1.54, 1.807) is 19.9 Å². The Morgan fingerprint density at radius 1 is 1.33 bits per heavy atom.